The number of likely N-dealkylation sites (tertiary alicyclic amines) is 1. The predicted octanol–water partition coefficient (Wildman–Crippen LogP) is 2.68. The van der Waals surface area contributed by atoms with E-state index in [0.717, 1.165) is 52.0 Å². The highest BCUT2D eigenvalue weighted by Gasteiger charge is 2.59. The number of carbonyl (C=O) groups excluding carboxylic acids is 2. The van der Waals surface area contributed by atoms with E-state index in [4.69, 9.17) is 4.74 Å². The number of pyridine rings is 1. The zero-order chi connectivity index (χ0) is 22.8. The molecule has 1 aliphatic carbocycles. The van der Waals surface area contributed by atoms with Gasteiger partial charge in [0.1, 0.15) is 5.56 Å². The fraction of sp³-hybridized carbons (Fsp3) is 0.500. The third kappa shape index (κ3) is 4.47. The van der Waals surface area contributed by atoms with Gasteiger partial charge in [0.05, 0.1) is 7.11 Å². The Hall–Kier alpha value is -2.93. The number of rotatable bonds is 5. The van der Waals surface area contributed by atoms with Crippen molar-refractivity contribution in [3.05, 3.63) is 59.8 Å². The minimum absolute atomic E-state index is 0.0344. The van der Waals surface area contributed by atoms with Gasteiger partial charge in [-0.1, -0.05) is 30.3 Å². The normalized spacial score (nSPS) is 22.3. The van der Waals surface area contributed by atoms with Crippen molar-refractivity contribution >= 4 is 11.8 Å². The molecule has 1 atom stereocenters. The number of hydrogen-bond acceptors (Lipinski definition) is 5. The molecule has 7 nitrogen and oxygen atoms in total. The van der Waals surface area contributed by atoms with Gasteiger partial charge in [-0.25, -0.2) is 4.98 Å². The Kier molecular flexibility index (Phi) is 6.06. The summed E-state index contributed by atoms with van der Waals surface area (Å²) in [5, 5.41) is 0. The van der Waals surface area contributed by atoms with Crippen molar-refractivity contribution in [1.29, 1.82) is 0 Å². The van der Waals surface area contributed by atoms with Crippen LogP contribution in [0.5, 0.6) is 5.88 Å². The van der Waals surface area contributed by atoms with Crippen LogP contribution in [0, 0.1) is 11.3 Å². The number of aromatic nitrogens is 1. The summed E-state index contributed by atoms with van der Waals surface area (Å²) in [6, 6.07) is 14.0. The molecule has 3 fully saturated rings. The highest BCUT2D eigenvalue weighted by Crippen LogP contribution is 2.60. The molecule has 33 heavy (non-hydrogen) atoms. The van der Waals surface area contributed by atoms with Gasteiger partial charge in [0, 0.05) is 57.9 Å². The maximum atomic E-state index is 13.2. The summed E-state index contributed by atoms with van der Waals surface area (Å²) in [6.45, 7) is 5.79. The van der Waals surface area contributed by atoms with Gasteiger partial charge in [-0.3, -0.25) is 14.5 Å². The Morgan fingerprint density at radius 3 is 2.39 bits per heavy atom. The lowest BCUT2D eigenvalue weighted by molar-refractivity contribution is -0.135. The molecule has 2 aromatic rings. The number of ether oxygens (including phenoxy) is 1. The second-order valence-corrected chi connectivity index (χ2v) is 9.56. The summed E-state index contributed by atoms with van der Waals surface area (Å²) < 4.78 is 5.25. The lowest BCUT2D eigenvalue weighted by Gasteiger charge is -2.36. The first-order valence-corrected chi connectivity index (χ1v) is 11.9. The first-order valence-electron chi connectivity index (χ1n) is 11.9. The zero-order valence-corrected chi connectivity index (χ0v) is 19.3. The molecule has 1 spiro atoms. The molecule has 3 aliphatic rings. The van der Waals surface area contributed by atoms with Crippen molar-refractivity contribution in [2.24, 2.45) is 11.3 Å². The van der Waals surface area contributed by atoms with Crippen molar-refractivity contribution in [1.82, 2.24) is 19.7 Å². The van der Waals surface area contributed by atoms with E-state index >= 15 is 0 Å². The van der Waals surface area contributed by atoms with E-state index in [9.17, 15) is 9.59 Å². The molecule has 0 radical (unpaired) electrons. The third-order valence-corrected chi connectivity index (χ3v) is 7.66. The number of piperidine rings is 1. The molecule has 2 saturated heterocycles. The van der Waals surface area contributed by atoms with Crippen LogP contribution in [0.2, 0.25) is 0 Å². The highest BCUT2D eigenvalue weighted by molar-refractivity contribution is 5.96. The number of benzene rings is 1. The number of hydrogen-bond donors (Lipinski definition) is 0. The molecule has 7 heteroatoms. The van der Waals surface area contributed by atoms with Crippen LogP contribution in [0.1, 0.15) is 35.2 Å². The average molecular weight is 449 g/mol. The lowest BCUT2D eigenvalue weighted by atomic mass is 9.90. The lowest BCUT2D eigenvalue weighted by Crippen LogP contribution is -2.49. The standard InChI is InChI=1S/C26H32N4O3/c1-33-23-21(8-5-11-27-23)24(31)29-12-9-26(10-13-29)18-22(26)25(32)30-16-14-28(15-17-30)19-20-6-3-2-4-7-20/h2-8,11,22H,9-10,12-19H2,1H3. The van der Waals surface area contributed by atoms with Gasteiger partial charge in [0.15, 0.2) is 0 Å². The summed E-state index contributed by atoms with van der Waals surface area (Å²) in [6.07, 6.45) is 4.38. The van der Waals surface area contributed by atoms with E-state index < -0.39 is 0 Å². The molecule has 0 bridgehead atoms. The topological polar surface area (TPSA) is 66.0 Å². The second kappa shape index (κ2) is 9.14. The van der Waals surface area contributed by atoms with Crippen LogP contribution in [0.3, 0.4) is 0 Å². The molecule has 1 aromatic heterocycles. The largest absolute Gasteiger partial charge is 0.480 e. The molecular weight excluding hydrogens is 416 g/mol. The summed E-state index contributed by atoms with van der Waals surface area (Å²) in [7, 11) is 1.53. The predicted molar refractivity (Wildman–Crippen MR) is 125 cm³/mol. The van der Waals surface area contributed by atoms with Crippen LogP contribution < -0.4 is 4.74 Å². The second-order valence-electron chi connectivity index (χ2n) is 9.56. The van der Waals surface area contributed by atoms with Crippen molar-refractivity contribution in [2.45, 2.75) is 25.8 Å². The first kappa shape index (κ1) is 21.9. The van der Waals surface area contributed by atoms with Crippen LogP contribution in [-0.2, 0) is 11.3 Å². The van der Waals surface area contributed by atoms with E-state index in [1.807, 2.05) is 11.0 Å². The van der Waals surface area contributed by atoms with Gasteiger partial charge in [-0.05, 0) is 42.4 Å². The molecule has 5 rings (SSSR count). The van der Waals surface area contributed by atoms with Crippen LogP contribution in [0.15, 0.2) is 48.7 Å². The molecule has 1 unspecified atom stereocenters. The van der Waals surface area contributed by atoms with Crippen molar-refractivity contribution in [3.63, 3.8) is 0 Å². The quantitative estimate of drug-likeness (QED) is 0.704. The molecule has 174 valence electrons. The Morgan fingerprint density at radius 1 is 0.970 bits per heavy atom. The van der Waals surface area contributed by atoms with Gasteiger partial charge in [0.2, 0.25) is 11.8 Å². The number of methoxy groups -OCH3 is 1. The van der Waals surface area contributed by atoms with Gasteiger partial charge in [-0.2, -0.15) is 0 Å². The molecule has 3 heterocycles. The Morgan fingerprint density at radius 2 is 1.70 bits per heavy atom. The molecule has 2 amide bonds. The van der Waals surface area contributed by atoms with E-state index in [1.165, 1.54) is 12.7 Å². The van der Waals surface area contributed by atoms with Crippen molar-refractivity contribution in [3.8, 4) is 5.88 Å². The molecule has 1 aromatic carbocycles. The molecular formula is C26H32N4O3. The third-order valence-electron chi connectivity index (χ3n) is 7.66. The monoisotopic (exact) mass is 448 g/mol. The number of nitrogens with zero attached hydrogens (tertiary/aromatic N) is 4. The zero-order valence-electron chi connectivity index (χ0n) is 19.3. The maximum Gasteiger partial charge on any atom is 0.259 e. The summed E-state index contributed by atoms with van der Waals surface area (Å²) in [4.78, 5) is 36.7. The van der Waals surface area contributed by atoms with Crippen LogP contribution in [0.4, 0.5) is 0 Å². The number of carbonyl (C=O) groups is 2. The van der Waals surface area contributed by atoms with Crippen LogP contribution in [0.25, 0.3) is 0 Å². The fourth-order valence-corrected chi connectivity index (χ4v) is 5.48. The number of piperazine rings is 1. The van der Waals surface area contributed by atoms with Crippen LogP contribution >= 0.6 is 0 Å². The first-order chi connectivity index (χ1) is 16.1. The van der Waals surface area contributed by atoms with Crippen molar-refractivity contribution in [2.75, 3.05) is 46.4 Å². The van der Waals surface area contributed by atoms with E-state index in [1.54, 1.807) is 18.3 Å². The molecule has 2 aliphatic heterocycles. The minimum Gasteiger partial charge on any atom is -0.480 e. The van der Waals surface area contributed by atoms with E-state index in [2.05, 4.69) is 39.0 Å². The van der Waals surface area contributed by atoms with Gasteiger partial charge < -0.3 is 14.5 Å². The minimum atomic E-state index is -0.0344. The Labute approximate surface area is 195 Å². The Balaban J connectivity index is 1.11. The van der Waals surface area contributed by atoms with Crippen LogP contribution in [-0.4, -0.2) is 77.9 Å². The average Bonchev–Trinajstić information content (AvgIpc) is 3.57. The molecule has 1 saturated carbocycles. The van der Waals surface area contributed by atoms with Crippen molar-refractivity contribution < 1.29 is 14.3 Å². The summed E-state index contributed by atoms with van der Waals surface area (Å²) in [5.74, 6) is 0.785. The highest BCUT2D eigenvalue weighted by atomic mass is 16.5. The van der Waals surface area contributed by atoms with E-state index in [0.29, 0.717) is 30.4 Å². The smallest absolute Gasteiger partial charge is 0.259 e. The van der Waals surface area contributed by atoms with Gasteiger partial charge in [0.25, 0.3) is 5.91 Å². The Bertz CT molecular complexity index is 996. The van der Waals surface area contributed by atoms with Gasteiger partial charge >= 0.3 is 0 Å². The number of amides is 2. The van der Waals surface area contributed by atoms with Gasteiger partial charge in [-0.15, -0.1) is 0 Å². The molecule has 0 N–H and O–H groups in total. The van der Waals surface area contributed by atoms with E-state index in [-0.39, 0.29) is 17.2 Å². The SMILES string of the molecule is COc1ncccc1C(=O)N1CCC2(CC1)CC2C(=O)N1CCN(Cc2ccccc2)CC1. The summed E-state index contributed by atoms with van der Waals surface area (Å²) in [5.41, 5.74) is 1.92. The summed E-state index contributed by atoms with van der Waals surface area (Å²) >= 11 is 0. The maximum absolute atomic E-state index is 13.2. The fourth-order valence-electron chi connectivity index (χ4n) is 5.48.